The van der Waals surface area contributed by atoms with Gasteiger partial charge in [0.25, 0.3) is 5.91 Å². The van der Waals surface area contributed by atoms with Crippen LogP contribution in [0, 0.1) is 6.92 Å². The van der Waals surface area contributed by atoms with Crippen molar-refractivity contribution in [1.29, 1.82) is 0 Å². The number of nitrogens with zero attached hydrogens (tertiary/aromatic N) is 3. The topological polar surface area (TPSA) is 69.0 Å². The quantitative estimate of drug-likeness (QED) is 0.720. The highest BCUT2D eigenvalue weighted by molar-refractivity contribution is 5.93. The van der Waals surface area contributed by atoms with Gasteiger partial charge in [0.1, 0.15) is 6.61 Å². The summed E-state index contributed by atoms with van der Waals surface area (Å²) in [6, 6.07) is 13.6. The number of pyridine rings is 1. The number of fused-ring (bicyclic) bond motifs is 1. The molecule has 2 aromatic heterocycles. The number of aromatic nitrogens is 3. The molecule has 6 heteroatoms. The van der Waals surface area contributed by atoms with E-state index < -0.39 is 0 Å². The average Bonchev–Trinajstić information content (AvgIpc) is 3.26. The molecule has 1 N–H and O–H groups in total. The number of hydroxylamine groups is 1. The van der Waals surface area contributed by atoms with Crippen LogP contribution in [0.2, 0.25) is 0 Å². The van der Waals surface area contributed by atoms with Gasteiger partial charge < -0.3 is 0 Å². The zero-order chi connectivity index (χ0) is 17.9. The van der Waals surface area contributed by atoms with Crippen LogP contribution in [-0.2, 0) is 24.3 Å². The van der Waals surface area contributed by atoms with E-state index in [0.29, 0.717) is 5.69 Å². The number of benzene rings is 1. The van der Waals surface area contributed by atoms with E-state index in [1.807, 2.05) is 54.1 Å². The molecular weight excluding hydrogens is 328 g/mol. The molecule has 26 heavy (non-hydrogen) atoms. The van der Waals surface area contributed by atoms with Gasteiger partial charge in [-0.15, -0.1) is 0 Å². The number of rotatable bonds is 5. The lowest BCUT2D eigenvalue weighted by molar-refractivity contribution is 0.0217. The van der Waals surface area contributed by atoms with Crippen molar-refractivity contribution in [3.8, 4) is 5.69 Å². The molecule has 3 aromatic rings. The molecule has 0 fully saturated rings. The zero-order valence-electron chi connectivity index (χ0n) is 14.6. The van der Waals surface area contributed by atoms with Crippen LogP contribution in [0.1, 0.15) is 39.4 Å². The minimum absolute atomic E-state index is 0.216. The maximum atomic E-state index is 12.6. The molecule has 0 saturated carbocycles. The number of nitrogens with one attached hydrogen (secondary N) is 1. The van der Waals surface area contributed by atoms with Gasteiger partial charge in [-0.05, 0) is 49.9 Å². The smallest absolute Gasteiger partial charge is 0.267 e. The summed E-state index contributed by atoms with van der Waals surface area (Å²) >= 11 is 0. The Bertz CT molecular complexity index is 934. The van der Waals surface area contributed by atoms with Crippen molar-refractivity contribution in [2.45, 2.75) is 32.8 Å². The van der Waals surface area contributed by atoms with Crippen LogP contribution in [-0.4, -0.2) is 20.7 Å². The molecule has 1 amide bonds. The van der Waals surface area contributed by atoms with E-state index in [2.05, 4.69) is 15.6 Å². The lowest BCUT2D eigenvalue weighted by Gasteiger charge is -2.08. The van der Waals surface area contributed by atoms with Gasteiger partial charge in [-0.1, -0.05) is 24.3 Å². The van der Waals surface area contributed by atoms with Gasteiger partial charge >= 0.3 is 0 Å². The molecule has 0 aliphatic heterocycles. The van der Waals surface area contributed by atoms with Crippen molar-refractivity contribution in [3.63, 3.8) is 0 Å². The minimum atomic E-state index is -0.314. The number of hydrogen-bond donors (Lipinski definition) is 1. The van der Waals surface area contributed by atoms with E-state index in [1.54, 1.807) is 6.20 Å². The Morgan fingerprint density at radius 1 is 1.19 bits per heavy atom. The summed E-state index contributed by atoms with van der Waals surface area (Å²) in [6.07, 6.45) is 4.52. The molecule has 1 aliphatic carbocycles. The number of hydrogen-bond acceptors (Lipinski definition) is 4. The molecule has 1 aliphatic rings. The van der Waals surface area contributed by atoms with Gasteiger partial charge in [-0.25, -0.2) is 10.2 Å². The van der Waals surface area contributed by atoms with Gasteiger partial charge in [0.2, 0.25) is 0 Å². The maximum Gasteiger partial charge on any atom is 0.295 e. The summed E-state index contributed by atoms with van der Waals surface area (Å²) in [5, 5.41) is 4.60. The first-order chi connectivity index (χ1) is 12.7. The van der Waals surface area contributed by atoms with E-state index in [-0.39, 0.29) is 12.5 Å². The molecular formula is C20H20N4O2. The van der Waals surface area contributed by atoms with Crippen LogP contribution in [0.15, 0.2) is 48.7 Å². The van der Waals surface area contributed by atoms with Crippen molar-refractivity contribution in [2.24, 2.45) is 0 Å². The Morgan fingerprint density at radius 2 is 2.04 bits per heavy atom. The fraction of sp³-hybridized carbons (Fsp3) is 0.250. The Kier molecular flexibility index (Phi) is 4.50. The second-order valence-electron chi connectivity index (χ2n) is 6.37. The van der Waals surface area contributed by atoms with Crippen LogP contribution in [0.3, 0.4) is 0 Å². The van der Waals surface area contributed by atoms with E-state index in [4.69, 9.17) is 4.84 Å². The predicted molar refractivity (Wildman–Crippen MR) is 96.8 cm³/mol. The second-order valence-corrected chi connectivity index (χ2v) is 6.37. The van der Waals surface area contributed by atoms with E-state index in [0.717, 1.165) is 47.5 Å². The SMILES string of the molecule is Cc1ccccc1-n1nc(C(=O)NOCc2ccccn2)c2c1CCC2. The van der Waals surface area contributed by atoms with Gasteiger partial charge in [-0.3, -0.25) is 14.6 Å². The molecule has 4 rings (SSSR count). The minimum Gasteiger partial charge on any atom is -0.267 e. The monoisotopic (exact) mass is 348 g/mol. The van der Waals surface area contributed by atoms with Gasteiger partial charge in [0.05, 0.1) is 11.4 Å². The van der Waals surface area contributed by atoms with E-state index in [9.17, 15) is 4.79 Å². The number of carbonyl (C=O) groups is 1. The van der Waals surface area contributed by atoms with Crippen molar-refractivity contribution < 1.29 is 9.63 Å². The Balaban J connectivity index is 1.54. The molecule has 0 radical (unpaired) electrons. The van der Waals surface area contributed by atoms with Gasteiger partial charge in [-0.2, -0.15) is 5.10 Å². The van der Waals surface area contributed by atoms with Crippen molar-refractivity contribution in [1.82, 2.24) is 20.2 Å². The van der Waals surface area contributed by atoms with Crippen molar-refractivity contribution in [3.05, 3.63) is 76.9 Å². The fourth-order valence-electron chi connectivity index (χ4n) is 3.33. The average molecular weight is 348 g/mol. The highest BCUT2D eigenvalue weighted by atomic mass is 16.6. The molecule has 6 nitrogen and oxygen atoms in total. The lowest BCUT2D eigenvalue weighted by atomic mass is 10.2. The van der Waals surface area contributed by atoms with Crippen LogP contribution in [0.4, 0.5) is 0 Å². The molecule has 0 unspecified atom stereocenters. The Labute approximate surface area is 151 Å². The highest BCUT2D eigenvalue weighted by Gasteiger charge is 2.27. The zero-order valence-corrected chi connectivity index (χ0v) is 14.6. The van der Waals surface area contributed by atoms with Gasteiger partial charge in [0.15, 0.2) is 5.69 Å². The third-order valence-electron chi connectivity index (χ3n) is 4.60. The third kappa shape index (κ3) is 3.11. The van der Waals surface area contributed by atoms with Crippen molar-refractivity contribution in [2.75, 3.05) is 0 Å². The first kappa shape index (κ1) is 16.5. The van der Waals surface area contributed by atoms with Gasteiger partial charge in [0, 0.05) is 17.5 Å². The van der Waals surface area contributed by atoms with Crippen molar-refractivity contribution >= 4 is 5.91 Å². The molecule has 0 saturated heterocycles. The standard InChI is InChI=1S/C20H20N4O2/c1-14-7-2-3-10-17(14)24-18-11-6-9-16(18)19(22-24)20(25)23-26-13-15-8-4-5-12-21-15/h2-5,7-8,10,12H,6,9,11,13H2,1H3,(H,23,25). The summed E-state index contributed by atoms with van der Waals surface area (Å²) < 4.78 is 1.91. The summed E-state index contributed by atoms with van der Waals surface area (Å²) in [5.74, 6) is -0.314. The van der Waals surface area contributed by atoms with E-state index >= 15 is 0 Å². The summed E-state index contributed by atoms with van der Waals surface area (Å²) in [6.45, 7) is 2.27. The molecule has 0 spiro atoms. The summed E-state index contributed by atoms with van der Waals surface area (Å²) in [7, 11) is 0. The maximum absolute atomic E-state index is 12.6. The van der Waals surface area contributed by atoms with Crippen LogP contribution in [0.25, 0.3) is 5.69 Å². The molecule has 132 valence electrons. The predicted octanol–water partition coefficient (Wildman–Crippen LogP) is 2.93. The Morgan fingerprint density at radius 3 is 2.85 bits per heavy atom. The normalized spacial score (nSPS) is 12.8. The van der Waals surface area contributed by atoms with Crippen LogP contribution < -0.4 is 5.48 Å². The van der Waals surface area contributed by atoms with Crippen LogP contribution in [0.5, 0.6) is 0 Å². The highest BCUT2D eigenvalue weighted by Crippen LogP contribution is 2.28. The number of aryl methyl sites for hydroxylation is 1. The second kappa shape index (κ2) is 7.09. The first-order valence-corrected chi connectivity index (χ1v) is 8.73. The lowest BCUT2D eigenvalue weighted by Crippen LogP contribution is -2.25. The number of carbonyl (C=O) groups excluding carboxylic acids is 1. The molecule has 2 heterocycles. The Hall–Kier alpha value is -2.99. The molecule has 0 atom stereocenters. The summed E-state index contributed by atoms with van der Waals surface area (Å²) in [4.78, 5) is 22.1. The third-order valence-corrected chi connectivity index (χ3v) is 4.60. The van der Waals surface area contributed by atoms with Crippen LogP contribution >= 0.6 is 0 Å². The number of para-hydroxylation sites is 1. The largest absolute Gasteiger partial charge is 0.295 e. The first-order valence-electron chi connectivity index (χ1n) is 8.73. The molecule has 0 bridgehead atoms. The molecule has 1 aromatic carbocycles. The summed E-state index contributed by atoms with van der Waals surface area (Å²) in [5.41, 5.74) is 7.98. The number of amides is 1. The van der Waals surface area contributed by atoms with E-state index in [1.165, 1.54) is 0 Å². The fourth-order valence-corrected chi connectivity index (χ4v) is 3.33.